The Morgan fingerprint density at radius 2 is 2.25 bits per heavy atom. The molecule has 0 fully saturated rings. The molecule has 0 saturated carbocycles. The van der Waals surface area contributed by atoms with Crippen molar-refractivity contribution < 1.29 is 4.39 Å². The molecule has 0 aliphatic rings. The third-order valence-electron chi connectivity index (χ3n) is 2.62. The highest BCUT2D eigenvalue weighted by Gasteiger charge is 2.07. The first-order valence-electron chi connectivity index (χ1n) is 5.14. The van der Waals surface area contributed by atoms with Crippen LogP contribution >= 0.6 is 0 Å². The van der Waals surface area contributed by atoms with Gasteiger partial charge < -0.3 is 10.3 Å². The summed E-state index contributed by atoms with van der Waals surface area (Å²) in [5.74, 6) is 0.633. The quantitative estimate of drug-likeness (QED) is 0.852. The van der Waals surface area contributed by atoms with Gasteiger partial charge in [-0.25, -0.2) is 9.37 Å². The van der Waals surface area contributed by atoms with Crippen molar-refractivity contribution in [3.8, 4) is 0 Å². The molecule has 84 valence electrons. The number of halogens is 1. The molecule has 2 rings (SSSR count). The van der Waals surface area contributed by atoms with Crippen molar-refractivity contribution in [3.05, 3.63) is 53.4 Å². The molecule has 0 bridgehead atoms. The van der Waals surface area contributed by atoms with E-state index in [9.17, 15) is 4.39 Å². The van der Waals surface area contributed by atoms with Crippen molar-refractivity contribution >= 4 is 0 Å². The fourth-order valence-electron chi connectivity index (χ4n) is 1.63. The zero-order valence-electron chi connectivity index (χ0n) is 9.15. The van der Waals surface area contributed by atoms with Gasteiger partial charge >= 0.3 is 0 Å². The lowest BCUT2D eigenvalue weighted by atomic mass is 10.1. The van der Waals surface area contributed by atoms with Crippen LogP contribution in [0, 0.1) is 5.82 Å². The van der Waals surface area contributed by atoms with E-state index in [-0.39, 0.29) is 5.82 Å². The Labute approximate surface area is 93.7 Å². The van der Waals surface area contributed by atoms with E-state index >= 15 is 0 Å². The number of hydrogen-bond acceptors (Lipinski definition) is 2. The summed E-state index contributed by atoms with van der Waals surface area (Å²) in [6.45, 7) is 0.424. The van der Waals surface area contributed by atoms with E-state index in [2.05, 4.69) is 4.98 Å². The molecule has 0 unspecified atom stereocenters. The molecular formula is C12H14FN3. The maximum atomic E-state index is 13.6. The van der Waals surface area contributed by atoms with Crippen LogP contribution in [0.2, 0.25) is 0 Å². The van der Waals surface area contributed by atoms with E-state index in [4.69, 9.17) is 5.73 Å². The molecule has 0 aliphatic carbocycles. The number of aryl methyl sites for hydroxylation is 1. The number of aromatic nitrogens is 2. The molecule has 0 saturated heterocycles. The van der Waals surface area contributed by atoms with Crippen LogP contribution in [0.3, 0.4) is 0 Å². The topological polar surface area (TPSA) is 43.8 Å². The van der Waals surface area contributed by atoms with Gasteiger partial charge in [-0.05, 0) is 17.2 Å². The van der Waals surface area contributed by atoms with Crippen molar-refractivity contribution in [2.24, 2.45) is 12.8 Å². The summed E-state index contributed by atoms with van der Waals surface area (Å²) in [7, 11) is 1.90. The Kier molecular flexibility index (Phi) is 3.01. The zero-order valence-corrected chi connectivity index (χ0v) is 9.15. The van der Waals surface area contributed by atoms with Crippen LogP contribution in [0.4, 0.5) is 4.39 Å². The van der Waals surface area contributed by atoms with E-state index < -0.39 is 0 Å². The average Bonchev–Trinajstić information content (AvgIpc) is 2.68. The summed E-state index contributed by atoms with van der Waals surface area (Å²) in [6.07, 6.45) is 4.04. The molecule has 0 amide bonds. The van der Waals surface area contributed by atoms with Crippen LogP contribution < -0.4 is 5.73 Å². The van der Waals surface area contributed by atoms with E-state index in [1.807, 2.05) is 17.8 Å². The number of nitrogens with zero attached hydrogens (tertiary/aromatic N) is 2. The van der Waals surface area contributed by atoms with Crippen molar-refractivity contribution in [2.45, 2.75) is 13.0 Å². The molecule has 16 heavy (non-hydrogen) atoms. The van der Waals surface area contributed by atoms with E-state index in [1.54, 1.807) is 18.3 Å². The zero-order chi connectivity index (χ0) is 11.5. The van der Waals surface area contributed by atoms with Gasteiger partial charge in [0.15, 0.2) is 0 Å². The average molecular weight is 219 g/mol. The molecule has 4 heteroatoms. The number of rotatable bonds is 3. The van der Waals surface area contributed by atoms with Crippen molar-refractivity contribution in [1.82, 2.24) is 9.55 Å². The molecular weight excluding hydrogens is 205 g/mol. The molecule has 1 heterocycles. The SMILES string of the molecule is Cn1ccnc1Cc1cc(CN)ccc1F. The van der Waals surface area contributed by atoms with Crippen molar-refractivity contribution in [3.63, 3.8) is 0 Å². The molecule has 0 aliphatic heterocycles. The number of benzene rings is 1. The highest BCUT2D eigenvalue weighted by Crippen LogP contribution is 2.14. The van der Waals surface area contributed by atoms with Gasteiger partial charge in [0, 0.05) is 32.4 Å². The van der Waals surface area contributed by atoms with Gasteiger partial charge in [-0.3, -0.25) is 0 Å². The van der Waals surface area contributed by atoms with Crippen LogP contribution in [0.5, 0.6) is 0 Å². The van der Waals surface area contributed by atoms with Crippen LogP contribution in [0.15, 0.2) is 30.6 Å². The third kappa shape index (κ3) is 2.12. The predicted molar refractivity (Wildman–Crippen MR) is 60.3 cm³/mol. The molecule has 0 spiro atoms. The summed E-state index contributed by atoms with van der Waals surface area (Å²) in [4.78, 5) is 4.17. The highest BCUT2D eigenvalue weighted by molar-refractivity contribution is 5.27. The Morgan fingerprint density at radius 1 is 1.44 bits per heavy atom. The standard InChI is InChI=1S/C12H14FN3/c1-16-5-4-15-12(16)7-10-6-9(8-14)2-3-11(10)13/h2-6H,7-8,14H2,1H3. The Bertz CT molecular complexity index is 491. The smallest absolute Gasteiger partial charge is 0.126 e. The summed E-state index contributed by atoms with van der Waals surface area (Å²) in [5.41, 5.74) is 7.10. The van der Waals surface area contributed by atoms with Crippen LogP contribution in [0.1, 0.15) is 17.0 Å². The summed E-state index contributed by atoms with van der Waals surface area (Å²) >= 11 is 0. The largest absolute Gasteiger partial charge is 0.338 e. The van der Waals surface area contributed by atoms with Gasteiger partial charge in [0.05, 0.1) is 0 Å². The highest BCUT2D eigenvalue weighted by atomic mass is 19.1. The minimum atomic E-state index is -0.208. The van der Waals surface area contributed by atoms with Gasteiger partial charge in [-0.2, -0.15) is 0 Å². The second-order valence-electron chi connectivity index (χ2n) is 3.76. The lowest BCUT2D eigenvalue weighted by Crippen LogP contribution is -2.03. The fourth-order valence-corrected chi connectivity index (χ4v) is 1.63. The van der Waals surface area contributed by atoms with Gasteiger partial charge in [-0.15, -0.1) is 0 Å². The Hall–Kier alpha value is -1.68. The molecule has 2 N–H and O–H groups in total. The maximum absolute atomic E-state index is 13.6. The lowest BCUT2D eigenvalue weighted by molar-refractivity contribution is 0.609. The van der Waals surface area contributed by atoms with Crippen LogP contribution in [-0.4, -0.2) is 9.55 Å². The van der Waals surface area contributed by atoms with E-state index in [0.717, 1.165) is 11.4 Å². The van der Waals surface area contributed by atoms with E-state index in [1.165, 1.54) is 6.07 Å². The summed E-state index contributed by atoms with van der Waals surface area (Å²) in [5, 5.41) is 0. The monoisotopic (exact) mass is 219 g/mol. The lowest BCUT2D eigenvalue weighted by Gasteiger charge is -2.05. The fraction of sp³-hybridized carbons (Fsp3) is 0.250. The molecule has 2 aromatic rings. The summed E-state index contributed by atoms with van der Waals surface area (Å²) in [6, 6.07) is 4.96. The van der Waals surface area contributed by atoms with Crippen molar-refractivity contribution in [2.75, 3.05) is 0 Å². The number of hydrogen-bond donors (Lipinski definition) is 1. The first kappa shape index (κ1) is 10.8. The molecule has 1 aromatic carbocycles. The predicted octanol–water partition coefficient (Wildman–Crippen LogP) is 1.61. The third-order valence-corrected chi connectivity index (χ3v) is 2.62. The van der Waals surface area contributed by atoms with E-state index in [0.29, 0.717) is 18.5 Å². The van der Waals surface area contributed by atoms with Crippen LogP contribution in [-0.2, 0) is 20.0 Å². The van der Waals surface area contributed by atoms with Crippen LogP contribution in [0.25, 0.3) is 0 Å². The second kappa shape index (κ2) is 4.45. The minimum absolute atomic E-state index is 0.208. The Balaban J connectivity index is 2.30. The molecule has 3 nitrogen and oxygen atoms in total. The first-order chi connectivity index (χ1) is 7.70. The molecule has 1 aromatic heterocycles. The first-order valence-corrected chi connectivity index (χ1v) is 5.14. The molecule has 0 radical (unpaired) electrons. The van der Waals surface area contributed by atoms with Gasteiger partial charge in [-0.1, -0.05) is 12.1 Å². The molecule has 0 atom stereocenters. The van der Waals surface area contributed by atoms with Gasteiger partial charge in [0.25, 0.3) is 0 Å². The number of imidazole rings is 1. The number of nitrogens with two attached hydrogens (primary N) is 1. The van der Waals surface area contributed by atoms with Crippen molar-refractivity contribution in [1.29, 1.82) is 0 Å². The van der Waals surface area contributed by atoms with Gasteiger partial charge in [0.2, 0.25) is 0 Å². The minimum Gasteiger partial charge on any atom is -0.338 e. The maximum Gasteiger partial charge on any atom is 0.126 e. The van der Waals surface area contributed by atoms with Gasteiger partial charge in [0.1, 0.15) is 11.6 Å². The normalized spacial score (nSPS) is 10.7. The summed E-state index contributed by atoms with van der Waals surface area (Å²) < 4.78 is 15.4. The second-order valence-corrected chi connectivity index (χ2v) is 3.76. The Morgan fingerprint density at radius 3 is 2.88 bits per heavy atom.